The fourth-order valence-corrected chi connectivity index (χ4v) is 3.00. The Morgan fingerprint density at radius 3 is 2.58 bits per heavy atom. The van der Waals surface area contributed by atoms with Gasteiger partial charge in [-0.15, -0.1) is 0 Å². The van der Waals surface area contributed by atoms with Crippen molar-refractivity contribution < 1.29 is 4.79 Å². The topological polar surface area (TPSA) is 59.3 Å². The average Bonchev–Trinajstić information content (AvgIpc) is 3.34. The highest BCUT2D eigenvalue weighted by Crippen LogP contribution is 2.30. The summed E-state index contributed by atoms with van der Waals surface area (Å²) in [6.07, 6.45) is 4.00. The van der Waals surface area contributed by atoms with Crippen molar-refractivity contribution in [3.63, 3.8) is 0 Å². The zero-order valence-electron chi connectivity index (χ0n) is 13.5. The smallest absolute Gasteiger partial charge is 0.234 e. The second kappa shape index (κ2) is 5.70. The number of hydrogen-bond donors (Lipinski definition) is 1. The van der Waals surface area contributed by atoms with E-state index in [-0.39, 0.29) is 11.8 Å². The number of aromatic nitrogens is 3. The van der Waals surface area contributed by atoms with Crippen molar-refractivity contribution in [1.29, 1.82) is 0 Å². The third-order valence-corrected chi connectivity index (χ3v) is 5.50. The molecule has 0 saturated heterocycles. The number of amides is 1. The Morgan fingerprint density at radius 2 is 1.92 bits per heavy atom. The lowest BCUT2D eigenvalue weighted by atomic mass is 10.1. The van der Waals surface area contributed by atoms with Gasteiger partial charge in [-0.05, 0) is 54.8 Å². The van der Waals surface area contributed by atoms with Crippen molar-refractivity contribution in [3.05, 3.63) is 46.3 Å². The third-order valence-electron chi connectivity index (χ3n) is 4.35. The fourth-order valence-electron chi connectivity index (χ4n) is 2.72. The largest absolute Gasteiger partial charge is 0.326 e. The first-order chi connectivity index (χ1) is 11.5. The van der Waals surface area contributed by atoms with Gasteiger partial charge in [-0.25, -0.2) is 9.97 Å². The molecule has 2 aromatic heterocycles. The Bertz CT molecular complexity index is 942. The van der Waals surface area contributed by atoms with Crippen molar-refractivity contribution in [1.82, 2.24) is 14.4 Å². The first-order valence-electron chi connectivity index (χ1n) is 7.96. The summed E-state index contributed by atoms with van der Waals surface area (Å²) in [5, 5.41) is 2.95. The molecule has 6 heteroatoms. The number of hydrogen-bond acceptors (Lipinski definition) is 3. The lowest BCUT2D eigenvalue weighted by molar-refractivity contribution is -0.117. The average molecular weight is 385 g/mol. The molecule has 1 N–H and O–H groups in total. The van der Waals surface area contributed by atoms with E-state index < -0.39 is 0 Å². The maximum atomic E-state index is 11.8. The van der Waals surface area contributed by atoms with Gasteiger partial charge in [0.15, 0.2) is 0 Å². The Kier molecular flexibility index (Phi) is 3.64. The van der Waals surface area contributed by atoms with E-state index in [1.165, 1.54) is 0 Å². The number of benzene rings is 1. The minimum atomic E-state index is 0.121. The van der Waals surface area contributed by atoms with Crippen LogP contribution in [0.1, 0.15) is 24.2 Å². The van der Waals surface area contributed by atoms with Gasteiger partial charge in [-0.1, -0.05) is 12.1 Å². The van der Waals surface area contributed by atoms with Crippen LogP contribution in [0.5, 0.6) is 0 Å². The van der Waals surface area contributed by atoms with Gasteiger partial charge in [0, 0.05) is 29.1 Å². The Balaban J connectivity index is 1.64. The van der Waals surface area contributed by atoms with Crippen LogP contribution < -0.4 is 5.32 Å². The molecule has 3 aromatic rings. The number of aryl methyl sites for hydroxylation is 2. The maximum Gasteiger partial charge on any atom is 0.234 e. The van der Waals surface area contributed by atoms with Crippen LogP contribution in [0.2, 0.25) is 0 Å². The molecule has 0 atom stereocenters. The van der Waals surface area contributed by atoms with Crippen LogP contribution in [-0.2, 0) is 4.79 Å². The van der Waals surface area contributed by atoms with E-state index in [1.807, 2.05) is 48.7 Å². The molecule has 5 nitrogen and oxygen atoms in total. The third kappa shape index (κ3) is 2.71. The van der Waals surface area contributed by atoms with E-state index in [0.717, 1.165) is 45.6 Å². The molecule has 0 unspecified atom stereocenters. The second-order valence-corrected chi connectivity index (χ2v) is 7.03. The molecular weight excluding hydrogens is 368 g/mol. The van der Waals surface area contributed by atoms with E-state index in [4.69, 9.17) is 0 Å². The lowest BCUT2D eigenvalue weighted by Gasteiger charge is -2.04. The van der Waals surface area contributed by atoms with E-state index in [9.17, 15) is 4.79 Å². The summed E-state index contributed by atoms with van der Waals surface area (Å²) in [6.45, 7) is 4.00. The summed E-state index contributed by atoms with van der Waals surface area (Å²) < 4.78 is 2.98. The number of halogens is 1. The molecule has 0 bridgehead atoms. The van der Waals surface area contributed by atoms with Crippen LogP contribution in [0.15, 0.2) is 34.9 Å². The number of nitrogens with zero attached hydrogens (tertiary/aromatic N) is 3. The van der Waals surface area contributed by atoms with Gasteiger partial charge in [-0.3, -0.25) is 9.20 Å². The maximum absolute atomic E-state index is 11.8. The number of rotatable bonds is 3. The summed E-state index contributed by atoms with van der Waals surface area (Å²) in [4.78, 5) is 20.9. The molecule has 0 spiro atoms. The fraction of sp³-hybridized carbons (Fsp3) is 0.278. The summed E-state index contributed by atoms with van der Waals surface area (Å²) >= 11 is 3.56. The number of anilines is 1. The highest BCUT2D eigenvalue weighted by atomic mass is 79.9. The Morgan fingerprint density at radius 1 is 1.21 bits per heavy atom. The molecule has 1 aromatic carbocycles. The highest BCUT2D eigenvalue weighted by molar-refractivity contribution is 9.10. The first kappa shape index (κ1) is 15.3. The standard InChI is InChI=1S/C18H17BrN4O/c1-10-16(19)11(2)23-9-15(22-18(23)20-10)12-5-7-14(8-6-12)21-17(24)13-3-4-13/h5-9,13H,3-4H2,1-2H3,(H,21,24). The summed E-state index contributed by atoms with van der Waals surface area (Å²) in [5.41, 5.74) is 4.69. The van der Waals surface area contributed by atoms with Gasteiger partial charge in [0.25, 0.3) is 0 Å². The summed E-state index contributed by atoms with van der Waals surface area (Å²) in [7, 11) is 0. The van der Waals surface area contributed by atoms with Gasteiger partial charge in [0.2, 0.25) is 11.7 Å². The molecule has 2 heterocycles. The number of nitrogens with one attached hydrogen (secondary N) is 1. The molecular formula is C18H17BrN4O. The van der Waals surface area contributed by atoms with Crippen molar-refractivity contribution in [2.24, 2.45) is 5.92 Å². The second-order valence-electron chi connectivity index (χ2n) is 6.23. The van der Waals surface area contributed by atoms with E-state index in [2.05, 4.69) is 31.2 Å². The Labute approximate surface area is 148 Å². The molecule has 1 saturated carbocycles. The molecule has 0 radical (unpaired) electrons. The van der Waals surface area contributed by atoms with E-state index in [0.29, 0.717) is 5.78 Å². The number of imidazole rings is 1. The molecule has 0 aliphatic heterocycles. The molecule has 24 heavy (non-hydrogen) atoms. The number of fused-ring (bicyclic) bond motifs is 1. The normalized spacial score (nSPS) is 14.1. The van der Waals surface area contributed by atoms with Crippen molar-refractivity contribution >= 4 is 33.3 Å². The van der Waals surface area contributed by atoms with Crippen LogP contribution in [0.25, 0.3) is 17.0 Å². The Hall–Kier alpha value is -2.21. The first-order valence-corrected chi connectivity index (χ1v) is 8.75. The molecule has 1 fully saturated rings. The summed E-state index contributed by atoms with van der Waals surface area (Å²) in [6, 6.07) is 7.78. The van der Waals surface area contributed by atoms with Gasteiger partial charge in [0.05, 0.1) is 15.9 Å². The van der Waals surface area contributed by atoms with Crippen molar-refractivity contribution in [2.45, 2.75) is 26.7 Å². The van der Waals surface area contributed by atoms with Crippen molar-refractivity contribution in [3.8, 4) is 11.3 Å². The minimum Gasteiger partial charge on any atom is -0.326 e. The quantitative estimate of drug-likeness (QED) is 0.738. The van der Waals surface area contributed by atoms with Crippen LogP contribution in [0, 0.1) is 19.8 Å². The van der Waals surface area contributed by atoms with Gasteiger partial charge >= 0.3 is 0 Å². The SMILES string of the molecule is Cc1nc2nc(-c3ccc(NC(=O)C4CC4)cc3)cn2c(C)c1Br. The predicted octanol–water partition coefficient (Wildman–Crippen LogP) is 4.12. The highest BCUT2D eigenvalue weighted by Gasteiger charge is 2.29. The molecule has 122 valence electrons. The summed E-state index contributed by atoms with van der Waals surface area (Å²) in [5.74, 6) is 1.02. The minimum absolute atomic E-state index is 0.121. The van der Waals surface area contributed by atoms with Crippen LogP contribution in [0.4, 0.5) is 5.69 Å². The zero-order chi connectivity index (χ0) is 16.8. The molecule has 1 aliphatic rings. The molecule has 1 aliphatic carbocycles. The van der Waals surface area contributed by atoms with Crippen LogP contribution in [-0.4, -0.2) is 20.3 Å². The van der Waals surface area contributed by atoms with Gasteiger partial charge < -0.3 is 5.32 Å². The zero-order valence-corrected chi connectivity index (χ0v) is 15.1. The lowest BCUT2D eigenvalue weighted by Crippen LogP contribution is -2.12. The van der Waals surface area contributed by atoms with Crippen LogP contribution in [0.3, 0.4) is 0 Å². The molecule has 1 amide bonds. The molecule has 4 rings (SSSR count). The number of carbonyl (C=O) groups excluding carboxylic acids is 1. The monoisotopic (exact) mass is 384 g/mol. The van der Waals surface area contributed by atoms with E-state index in [1.54, 1.807) is 0 Å². The van der Waals surface area contributed by atoms with E-state index >= 15 is 0 Å². The van der Waals surface area contributed by atoms with Gasteiger partial charge in [-0.2, -0.15) is 0 Å². The number of carbonyl (C=O) groups is 1. The van der Waals surface area contributed by atoms with Crippen molar-refractivity contribution in [2.75, 3.05) is 5.32 Å². The van der Waals surface area contributed by atoms with Crippen LogP contribution >= 0.6 is 15.9 Å². The predicted molar refractivity (Wildman–Crippen MR) is 97.0 cm³/mol. The van der Waals surface area contributed by atoms with Gasteiger partial charge in [0.1, 0.15) is 0 Å².